The van der Waals surface area contributed by atoms with Crippen molar-refractivity contribution in [3.63, 3.8) is 0 Å². The highest BCUT2D eigenvalue weighted by molar-refractivity contribution is 7.99. The van der Waals surface area contributed by atoms with E-state index < -0.39 is 0 Å². The molecule has 1 saturated heterocycles. The van der Waals surface area contributed by atoms with E-state index in [2.05, 4.69) is 9.78 Å². The van der Waals surface area contributed by atoms with Crippen LogP contribution in [0.4, 0.5) is 0 Å². The lowest BCUT2D eigenvalue weighted by Crippen LogP contribution is -1.93. The van der Waals surface area contributed by atoms with Crippen LogP contribution in [0.25, 0.3) is 0 Å². The maximum Gasteiger partial charge on any atom is 0.0912 e. The summed E-state index contributed by atoms with van der Waals surface area (Å²) >= 11 is 1.87. The van der Waals surface area contributed by atoms with Gasteiger partial charge in [-0.15, -0.1) is 0 Å². The van der Waals surface area contributed by atoms with Crippen LogP contribution in [-0.4, -0.2) is 24.7 Å². The van der Waals surface area contributed by atoms with E-state index in [-0.39, 0.29) is 0 Å². The fourth-order valence-electron chi connectivity index (χ4n) is 0.406. The summed E-state index contributed by atoms with van der Waals surface area (Å²) < 4.78 is 0. The molecular weight excluding hydrogens is 112 g/mol. The van der Waals surface area contributed by atoms with Crippen LogP contribution >= 0.6 is 11.8 Å². The molecule has 0 N–H and O–H groups in total. The van der Waals surface area contributed by atoms with Crippen LogP contribution < -0.4 is 0 Å². The van der Waals surface area contributed by atoms with Gasteiger partial charge in [0.2, 0.25) is 0 Å². The third kappa shape index (κ3) is 2.16. The topological polar surface area (TPSA) is 18.5 Å². The normalized spacial score (nSPS) is 24.0. The standard InChI is InChI=1S/C4H8O2S/c1-3-7-4-2-6-5-1/h1-4H2. The minimum Gasteiger partial charge on any atom is -0.236 e. The van der Waals surface area contributed by atoms with Crippen LogP contribution in [0.1, 0.15) is 0 Å². The molecule has 0 aromatic heterocycles. The Balaban J connectivity index is 2.04. The molecule has 0 aromatic carbocycles. The molecule has 42 valence electrons. The third-order valence-corrected chi connectivity index (χ3v) is 1.62. The largest absolute Gasteiger partial charge is 0.236 e. The van der Waals surface area contributed by atoms with Crippen molar-refractivity contribution in [1.29, 1.82) is 0 Å². The van der Waals surface area contributed by atoms with E-state index in [0.29, 0.717) is 0 Å². The molecule has 0 aromatic rings. The molecule has 0 radical (unpaired) electrons. The molecule has 0 atom stereocenters. The van der Waals surface area contributed by atoms with Gasteiger partial charge in [-0.3, -0.25) is 0 Å². The zero-order valence-corrected chi connectivity index (χ0v) is 4.87. The molecule has 0 amide bonds. The molecule has 2 nitrogen and oxygen atoms in total. The molecular formula is C4H8O2S. The van der Waals surface area contributed by atoms with Crippen molar-refractivity contribution in [3.05, 3.63) is 0 Å². The Hall–Kier alpha value is 0.270. The molecule has 1 rings (SSSR count). The minimum absolute atomic E-state index is 0.741. The molecule has 0 aliphatic carbocycles. The fraction of sp³-hybridized carbons (Fsp3) is 1.00. The van der Waals surface area contributed by atoms with Crippen molar-refractivity contribution in [2.75, 3.05) is 24.7 Å². The van der Waals surface area contributed by atoms with Crippen LogP contribution in [0.2, 0.25) is 0 Å². The van der Waals surface area contributed by atoms with Crippen molar-refractivity contribution in [3.8, 4) is 0 Å². The molecule has 3 heteroatoms. The van der Waals surface area contributed by atoms with E-state index >= 15 is 0 Å². The average molecular weight is 120 g/mol. The second-order valence-electron chi connectivity index (χ2n) is 1.26. The van der Waals surface area contributed by atoms with Gasteiger partial charge in [0.25, 0.3) is 0 Å². The van der Waals surface area contributed by atoms with Gasteiger partial charge in [-0.05, 0) is 0 Å². The SMILES string of the molecule is C1CSCCOO1. The summed E-state index contributed by atoms with van der Waals surface area (Å²) in [5.74, 6) is 2.14. The quantitative estimate of drug-likeness (QED) is 0.438. The number of hydrogen-bond acceptors (Lipinski definition) is 3. The Morgan fingerprint density at radius 1 is 1.00 bits per heavy atom. The Morgan fingerprint density at radius 2 is 1.57 bits per heavy atom. The summed E-state index contributed by atoms with van der Waals surface area (Å²) in [6.07, 6.45) is 0. The zero-order chi connectivity index (χ0) is 4.95. The van der Waals surface area contributed by atoms with Gasteiger partial charge in [0.1, 0.15) is 0 Å². The summed E-state index contributed by atoms with van der Waals surface area (Å²) in [7, 11) is 0. The lowest BCUT2D eigenvalue weighted by atomic mass is 10.9. The molecule has 1 aliphatic heterocycles. The van der Waals surface area contributed by atoms with E-state index in [1.807, 2.05) is 11.8 Å². The lowest BCUT2D eigenvalue weighted by Gasteiger charge is -1.91. The zero-order valence-electron chi connectivity index (χ0n) is 4.05. The van der Waals surface area contributed by atoms with Crippen molar-refractivity contribution in [2.24, 2.45) is 0 Å². The van der Waals surface area contributed by atoms with Crippen molar-refractivity contribution in [1.82, 2.24) is 0 Å². The van der Waals surface area contributed by atoms with E-state index in [1.54, 1.807) is 0 Å². The smallest absolute Gasteiger partial charge is 0.0912 e. The number of hydrogen-bond donors (Lipinski definition) is 0. The third-order valence-electron chi connectivity index (χ3n) is 0.705. The van der Waals surface area contributed by atoms with Gasteiger partial charge in [-0.25, -0.2) is 9.78 Å². The summed E-state index contributed by atoms with van der Waals surface area (Å²) in [5.41, 5.74) is 0. The van der Waals surface area contributed by atoms with Gasteiger partial charge in [0, 0.05) is 11.5 Å². The van der Waals surface area contributed by atoms with Gasteiger partial charge < -0.3 is 0 Å². The Morgan fingerprint density at radius 3 is 2.14 bits per heavy atom. The number of thioether (sulfide) groups is 1. The lowest BCUT2D eigenvalue weighted by molar-refractivity contribution is -0.284. The van der Waals surface area contributed by atoms with Crippen molar-refractivity contribution >= 4 is 11.8 Å². The van der Waals surface area contributed by atoms with Gasteiger partial charge in [0.05, 0.1) is 13.2 Å². The van der Waals surface area contributed by atoms with Gasteiger partial charge in [0.15, 0.2) is 0 Å². The predicted octanol–water partition coefficient (Wildman–Crippen LogP) is 0.681. The van der Waals surface area contributed by atoms with Gasteiger partial charge in [-0.1, -0.05) is 0 Å². The summed E-state index contributed by atoms with van der Waals surface area (Å²) in [6.45, 7) is 1.48. The van der Waals surface area contributed by atoms with Crippen LogP contribution in [0.5, 0.6) is 0 Å². The second kappa shape index (κ2) is 3.29. The molecule has 7 heavy (non-hydrogen) atoms. The average Bonchev–Trinajstić information content (AvgIpc) is 1.90. The molecule has 1 heterocycles. The van der Waals surface area contributed by atoms with Crippen molar-refractivity contribution < 1.29 is 9.78 Å². The van der Waals surface area contributed by atoms with Gasteiger partial charge >= 0.3 is 0 Å². The van der Waals surface area contributed by atoms with E-state index in [9.17, 15) is 0 Å². The molecule has 0 spiro atoms. The van der Waals surface area contributed by atoms with Crippen LogP contribution in [-0.2, 0) is 9.78 Å². The van der Waals surface area contributed by atoms with Crippen LogP contribution in [0, 0.1) is 0 Å². The molecule has 0 saturated carbocycles. The first-order valence-electron chi connectivity index (χ1n) is 2.32. The van der Waals surface area contributed by atoms with E-state index in [0.717, 1.165) is 24.7 Å². The van der Waals surface area contributed by atoms with Crippen LogP contribution in [0.3, 0.4) is 0 Å². The maximum absolute atomic E-state index is 4.67. The number of rotatable bonds is 0. The Kier molecular flexibility index (Phi) is 2.55. The minimum atomic E-state index is 0.741. The highest BCUT2D eigenvalue weighted by Crippen LogP contribution is 2.02. The summed E-state index contributed by atoms with van der Waals surface area (Å²) in [6, 6.07) is 0. The highest BCUT2D eigenvalue weighted by Gasteiger charge is 1.96. The fourth-order valence-corrected chi connectivity index (χ4v) is 0.982. The molecule has 0 unspecified atom stereocenters. The highest BCUT2D eigenvalue weighted by atomic mass is 32.2. The molecule has 1 aliphatic rings. The first-order chi connectivity index (χ1) is 3.50. The maximum atomic E-state index is 4.67. The predicted molar refractivity (Wildman–Crippen MR) is 29.2 cm³/mol. The van der Waals surface area contributed by atoms with E-state index in [4.69, 9.17) is 0 Å². The first-order valence-corrected chi connectivity index (χ1v) is 3.48. The van der Waals surface area contributed by atoms with Crippen molar-refractivity contribution in [2.45, 2.75) is 0 Å². The Labute approximate surface area is 47.1 Å². The molecule has 0 bridgehead atoms. The summed E-state index contributed by atoms with van der Waals surface area (Å²) in [5, 5.41) is 0. The van der Waals surface area contributed by atoms with E-state index in [1.165, 1.54) is 0 Å². The van der Waals surface area contributed by atoms with Crippen LogP contribution in [0.15, 0.2) is 0 Å². The van der Waals surface area contributed by atoms with Gasteiger partial charge in [-0.2, -0.15) is 11.8 Å². The second-order valence-corrected chi connectivity index (χ2v) is 2.48. The monoisotopic (exact) mass is 120 g/mol. The first kappa shape index (κ1) is 5.41. The molecule has 1 fully saturated rings. The Bertz CT molecular complexity index is 29.3. The summed E-state index contributed by atoms with van der Waals surface area (Å²) in [4.78, 5) is 9.35.